The Morgan fingerprint density at radius 1 is 1.38 bits per heavy atom. The Labute approximate surface area is 132 Å². The van der Waals surface area contributed by atoms with Crippen molar-refractivity contribution in [3.05, 3.63) is 52.3 Å². The third-order valence-corrected chi connectivity index (χ3v) is 3.89. The number of benzene rings is 1. The van der Waals surface area contributed by atoms with Gasteiger partial charge in [-0.05, 0) is 24.3 Å². The molecule has 0 bridgehead atoms. The van der Waals surface area contributed by atoms with Gasteiger partial charge in [-0.3, -0.25) is 0 Å². The van der Waals surface area contributed by atoms with Gasteiger partial charge in [0.2, 0.25) is 0 Å². The molecule has 21 heavy (non-hydrogen) atoms. The van der Waals surface area contributed by atoms with Crippen LogP contribution in [0.3, 0.4) is 0 Å². The first kappa shape index (κ1) is 13.9. The summed E-state index contributed by atoms with van der Waals surface area (Å²) in [6.07, 6.45) is 5.82. The van der Waals surface area contributed by atoms with Gasteiger partial charge in [0, 0.05) is 40.7 Å². The molecule has 0 amide bonds. The molecule has 0 spiro atoms. The van der Waals surface area contributed by atoms with E-state index in [9.17, 15) is 0 Å². The second-order valence-corrected chi connectivity index (χ2v) is 5.67. The molecule has 2 aromatic rings. The molecule has 0 aliphatic carbocycles. The number of nitrogens with one attached hydrogen (secondary N) is 2. The van der Waals surface area contributed by atoms with Crippen molar-refractivity contribution in [2.75, 3.05) is 18.1 Å². The van der Waals surface area contributed by atoms with Crippen LogP contribution in [-0.4, -0.2) is 17.0 Å². The lowest BCUT2D eigenvalue weighted by molar-refractivity contribution is 0.289. The molecular formula is C15H16BrN5. The average Bonchev–Trinajstić information content (AvgIpc) is 2.50. The molecule has 4 N–H and O–H groups in total. The molecule has 5 nitrogen and oxygen atoms in total. The number of nitrogens with zero attached hydrogens (tertiary/aromatic N) is 2. The van der Waals surface area contributed by atoms with Crippen LogP contribution in [0.2, 0.25) is 0 Å². The number of hydrazine groups is 1. The fourth-order valence-corrected chi connectivity index (χ4v) is 2.69. The number of fused-ring (bicyclic) bond motifs is 1. The van der Waals surface area contributed by atoms with Crippen molar-refractivity contribution in [3.63, 3.8) is 0 Å². The lowest BCUT2D eigenvalue weighted by Crippen LogP contribution is -2.31. The number of rotatable bonds is 3. The molecule has 2 heterocycles. The number of nitrogen functional groups attached to an aromatic ring is 1. The molecule has 6 heteroatoms. The maximum absolute atomic E-state index is 6.07. The van der Waals surface area contributed by atoms with Gasteiger partial charge in [-0.15, -0.1) is 0 Å². The highest BCUT2D eigenvalue weighted by Crippen LogP contribution is 2.32. The first-order chi connectivity index (χ1) is 10.2. The molecule has 108 valence electrons. The Balaban J connectivity index is 2.01. The van der Waals surface area contributed by atoms with E-state index in [2.05, 4.69) is 31.7 Å². The van der Waals surface area contributed by atoms with Crippen LogP contribution < -0.4 is 16.5 Å². The minimum absolute atomic E-state index is 0.500. The summed E-state index contributed by atoms with van der Waals surface area (Å²) in [6.45, 7) is 0.728. The second kappa shape index (κ2) is 5.75. The van der Waals surface area contributed by atoms with Crippen molar-refractivity contribution in [3.8, 4) is 0 Å². The van der Waals surface area contributed by atoms with Gasteiger partial charge in [-0.2, -0.15) is 0 Å². The topological polar surface area (TPSA) is 66.2 Å². The van der Waals surface area contributed by atoms with Crippen LogP contribution in [0.4, 0.5) is 17.2 Å². The summed E-state index contributed by atoms with van der Waals surface area (Å²) in [7, 11) is 1.89. The van der Waals surface area contributed by atoms with Crippen LogP contribution in [0.5, 0.6) is 0 Å². The van der Waals surface area contributed by atoms with Gasteiger partial charge in [-0.1, -0.05) is 22.0 Å². The van der Waals surface area contributed by atoms with Crippen molar-refractivity contribution >= 4 is 39.2 Å². The highest BCUT2D eigenvalue weighted by atomic mass is 79.9. The molecule has 1 aromatic heterocycles. The maximum Gasteiger partial charge on any atom is 0.147 e. The normalized spacial score (nSPS) is 13.1. The summed E-state index contributed by atoms with van der Waals surface area (Å²) in [5, 5.41) is 5.37. The zero-order chi connectivity index (χ0) is 14.8. The van der Waals surface area contributed by atoms with E-state index in [4.69, 9.17) is 5.73 Å². The summed E-state index contributed by atoms with van der Waals surface area (Å²) in [6, 6.07) is 7.97. The third-order valence-electron chi connectivity index (χ3n) is 3.39. The Morgan fingerprint density at radius 2 is 2.24 bits per heavy atom. The fourth-order valence-electron chi connectivity index (χ4n) is 2.29. The van der Waals surface area contributed by atoms with E-state index < -0.39 is 0 Å². The zero-order valence-electron chi connectivity index (χ0n) is 11.6. The average molecular weight is 346 g/mol. The zero-order valence-corrected chi connectivity index (χ0v) is 13.2. The Hall–Kier alpha value is -2.05. The van der Waals surface area contributed by atoms with Crippen molar-refractivity contribution < 1.29 is 0 Å². The highest BCUT2D eigenvalue weighted by Gasteiger charge is 2.17. The van der Waals surface area contributed by atoms with Gasteiger partial charge in [0.15, 0.2) is 0 Å². The molecule has 0 radical (unpaired) electrons. The molecule has 0 atom stereocenters. The number of hydrogen-bond donors (Lipinski definition) is 3. The minimum Gasteiger partial charge on any atom is -0.382 e. The van der Waals surface area contributed by atoms with Crippen molar-refractivity contribution in [2.45, 2.75) is 6.54 Å². The fraction of sp³-hybridized carbons (Fsp3) is 0.133. The largest absolute Gasteiger partial charge is 0.382 e. The number of hydrogen-bond acceptors (Lipinski definition) is 5. The van der Waals surface area contributed by atoms with Gasteiger partial charge < -0.3 is 16.1 Å². The molecule has 1 aliphatic heterocycles. The molecular weight excluding hydrogens is 330 g/mol. The quantitative estimate of drug-likeness (QED) is 0.797. The third kappa shape index (κ3) is 2.86. The van der Waals surface area contributed by atoms with E-state index in [0.29, 0.717) is 5.82 Å². The van der Waals surface area contributed by atoms with Crippen LogP contribution in [0.25, 0.3) is 6.08 Å². The predicted octanol–water partition coefficient (Wildman–Crippen LogP) is 3.09. The van der Waals surface area contributed by atoms with E-state index in [1.807, 2.05) is 48.6 Å². The lowest BCUT2D eigenvalue weighted by atomic mass is 10.0. The SMILES string of the molecule is CNN1C=Cc2cnc(N)c(Nc3cccc(Br)c3)c2C1. The van der Waals surface area contributed by atoms with E-state index in [1.54, 1.807) is 6.20 Å². The van der Waals surface area contributed by atoms with Crippen LogP contribution in [0.1, 0.15) is 11.1 Å². The first-order valence-electron chi connectivity index (χ1n) is 6.59. The lowest BCUT2D eigenvalue weighted by Gasteiger charge is -2.26. The van der Waals surface area contributed by atoms with Crippen molar-refractivity contribution in [1.82, 2.24) is 15.4 Å². The molecule has 0 saturated heterocycles. The van der Waals surface area contributed by atoms with E-state index in [-0.39, 0.29) is 0 Å². The van der Waals surface area contributed by atoms with Crippen molar-refractivity contribution in [2.24, 2.45) is 0 Å². The molecule has 0 saturated carbocycles. The van der Waals surface area contributed by atoms with Gasteiger partial charge in [-0.25, -0.2) is 10.4 Å². The monoisotopic (exact) mass is 345 g/mol. The number of halogens is 1. The Morgan fingerprint density at radius 3 is 3.00 bits per heavy atom. The molecule has 1 aromatic carbocycles. The maximum atomic E-state index is 6.07. The van der Waals surface area contributed by atoms with Crippen LogP contribution >= 0.6 is 15.9 Å². The van der Waals surface area contributed by atoms with E-state index in [0.717, 1.165) is 33.5 Å². The summed E-state index contributed by atoms with van der Waals surface area (Å²) in [4.78, 5) is 4.28. The predicted molar refractivity (Wildman–Crippen MR) is 89.7 cm³/mol. The summed E-state index contributed by atoms with van der Waals surface area (Å²) >= 11 is 3.47. The highest BCUT2D eigenvalue weighted by molar-refractivity contribution is 9.10. The second-order valence-electron chi connectivity index (χ2n) is 4.75. The molecule has 1 aliphatic rings. The van der Waals surface area contributed by atoms with E-state index in [1.165, 1.54) is 0 Å². The number of pyridine rings is 1. The smallest absolute Gasteiger partial charge is 0.147 e. The van der Waals surface area contributed by atoms with Crippen LogP contribution in [-0.2, 0) is 6.54 Å². The first-order valence-corrected chi connectivity index (χ1v) is 7.39. The van der Waals surface area contributed by atoms with Crippen LogP contribution in [0, 0.1) is 0 Å². The van der Waals surface area contributed by atoms with Gasteiger partial charge in [0.05, 0.1) is 12.2 Å². The molecule has 3 rings (SSSR count). The summed E-state index contributed by atoms with van der Waals surface area (Å²) in [5.74, 6) is 0.500. The minimum atomic E-state index is 0.500. The summed E-state index contributed by atoms with van der Waals surface area (Å²) < 4.78 is 1.01. The number of anilines is 3. The van der Waals surface area contributed by atoms with Gasteiger partial charge in [0.1, 0.15) is 5.82 Å². The Kier molecular flexibility index (Phi) is 3.81. The molecule has 0 unspecified atom stereocenters. The number of nitrogens with two attached hydrogens (primary N) is 1. The molecule has 0 fully saturated rings. The standard InChI is InChI=1S/C15H16BrN5/c1-18-21-6-5-10-8-19-15(17)14(13(10)9-21)20-12-4-2-3-11(16)7-12/h2-8,18,20H,9H2,1H3,(H2,17,19). The summed E-state index contributed by atoms with van der Waals surface area (Å²) in [5.41, 5.74) is 13.2. The Bertz CT molecular complexity index is 698. The van der Waals surface area contributed by atoms with Crippen molar-refractivity contribution in [1.29, 1.82) is 0 Å². The van der Waals surface area contributed by atoms with Gasteiger partial charge in [0.25, 0.3) is 0 Å². The van der Waals surface area contributed by atoms with Gasteiger partial charge >= 0.3 is 0 Å². The van der Waals surface area contributed by atoms with Crippen LogP contribution in [0.15, 0.2) is 41.1 Å². The van der Waals surface area contributed by atoms with E-state index >= 15 is 0 Å². The number of aromatic nitrogens is 1.